The van der Waals surface area contributed by atoms with Gasteiger partial charge in [-0.05, 0) is 42.5 Å². The van der Waals surface area contributed by atoms with E-state index in [0.717, 1.165) is 41.6 Å². The highest BCUT2D eigenvalue weighted by atomic mass is 79.9. The van der Waals surface area contributed by atoms with Gasteiger partial charge in [-0.25, -0.2) is 0 Å². The zero-order chi connectivity index (χ0) is 14.5. The average Bonchev–Trinajstić information content (AvgIpc) is 2.38. The summed E-state index contributed by atoms with van der Waals surface area (Å²) in [6.07, 6.45) is 1.87. The van der Waals surface area contributed by atoms with Crippen molar-refractivity contribution in [1.82, 2.24) is 4.90 Å². The summed E-state index contributed by atoms with van der Waals surface area (Å²) in [5.41, 5.74) is 0.860. The molecule has 0 saturated carbocycles. The maximum absolute atomic E-state index is 12.0. The number of benzene rings is 1. The molecule has 0 spiro atoms. The van der Waals surface area contributed by atoms with E-state index in [-0.39, 0.29) is 5.91 Å². The molecule has 1 amide bonds. The summed E-state index contributed by atoms with van der Waals surface area (Å²) >= 11 is 3.39. The summed E-state index contributed by atoms with van der Waals surface area (Å²) < 4.78 is 1.02. The molecule has 110 valence electrons. The van der Waals surface area contributed by atoms with Crippen LogP contribution in [0.5, 0.6) is 0 Å². The molecule has 0 bridgehead atoms. The lowest BCUT2D eigenvalue weighted by atomic mass is 9.92. The van der Waals surface area contributed by atoms with Crippen LogP contribution in [-0.2, 0) is 4.79 Å². The Morgan fingerprint density at radius 2 is 1.85 bits per heavy atom. The van der Waals surface area contributed by atoms with Crippen LogP contribution in [0.4, 0.5) is 5.69 Å². The third kappa shape index (κ3) is 4.91. The maximum Gasteiger partial charge on any atom is 0.225 e. The van der Waals surface area contributed by atoms with Crippen molar-refractivity contribution in [2.45, 2.75) is 26.7 Å². The number of anilines is 1. The monoisotopic (exact) mass is 338 g/mol. The van der Waals surface area contributed by atoms with E-state index in [1.165, 1.54) is 6.42 Å². The van der Waals surface area contributed by atoms with Gasteiger partial charge in [0.2, 0.25) is 5.91 Å². The topological polar surface area (TPSA) is 32.3 Å². The fourth-order valence-electron chi connectivity index (χ4n) is 2.99. The first-order valence-corrected chi connectivity index (χ1v) is 8.10. The molecule has 0 aromatic heterocycles. The second-order valence-corrected chi connectivity index (χ2v) is 6.93. The van der Waals surface area contributed by atoms with Crippen molar-refractivity contribution in [3.63, 3.8) is 0 Å². The number of hydrogen-bond acceptors (Lipinski definition) is 2. The van der Waals surface area contributed by atoms with Crippen LogP contribution < -0.4 is 5.32 Å². The number of halogens is 1. The standard InChI is InChI=1S/C16H23BrN2O/c1-12-9-13(2)11-19(10-12)8-7-16(20)18-15-5-3-14(17)4-6-15/h3-6,12-13H,7-11H2,1-2H3,(H,18,20)/t12-,13+. The smallest absolute Gasteiger partial charge is 0.225 e. The molecule has 1 N–H and O–H groups in total. The molecule has 2 rings (SSSR count). The van der Waals surface area contributed by atoms with Crippen LogP contribution >= 0.6 is 15.9 Å². The Bertz CT molecular complexity index is 436. The van der Waals surface area contributed by atoms with E-state index in [1.54, 1.807) is 0 Å². The summed E-state index contributed by atoms with van der Waals surface area (Å²) in [6.45, 7) is 7.69. The normalized spacial score (nSPS) is 23.6. The predicted molar refractivity (Wildman–Crippen MR) is 86.8 cm³/mol. The van der Waals surface area contributed by atoms with Crippen molar-refractivity contribution in [3.05, 3.63) is 28.7 Å². The van der Waals surface area contributed by atoms with Crippen LogP contribution in [0, 0.1) is 11.8 Å². The largest absolute Gasteiger partial charge is 0.326 e. The molecule has 1 saturated heterocycles. The second kappa shape index (κ2) is 7.23. The van der Waals surface area contributed by atoms with Gasteiger partial charge in [0.05, 0.1) is 0 Å². The van der Waals surface area contributed by atoms with Gasteiger partial charge in [0.1, 0.15) is 0 Å². The first-order chi connectivity index (χ1) is 9.52. The highest BCUT2D eigenvalue weighted by Gasteiger charge is 2.21. The number of rotatable bonds is 4. The highest BCUT2D eigenvalue weighted by molar-refractivity contribution is 9.10. The van der Waals surface area contributed by atoms with Crippen molar-refractivity contribution in [2.24, 2.45) is 11.8 Å². The summed E-state index contributed by atoms with van der Waals surface area (Å²) in [5.74, 6) is 1.58. The van der Waals surface area contributed by atoms with Crippen LogP contribution in [0.3, 0.4) is 0 Å². The SMILES string of the molecule is C[C@@H]1C[C@H](C)CN(CCC(=O)Nc2ccc(Br)cc2)C1. The molecule has 1 aromatic carbocycles. The molecule has 1 aromatic rings. The number of carbonyl (C=O) groups excluding carboxylic acids is 1. The maximum atomic E-state index is 12.0. The molecule has 1 aliphatic heterocycles. The number of nitrogens with zero attached hydrogens (tertiary/aromatic N) is 1. The van der Waals surface area contributed by atoms with Crippen molar-refractivity contribution in [2.75, 3.05) is 25.0 Å². The van der Waals surface area contributed by atoms with Gasteiger partial charge in [-0.15, -0.1) is 0 Å². The number of nitrogens with one attached hydrogen (secondary N) is 1. The second-order valence-electron chi connectivity index (χ2n) is 6.01. The number of piperidine rings is 1. The number of hydrogen-bond donors (Lipinski definition) is 1. The molecule has 0 radical (unpaired) electrons. The zero-order valence-corrected chi connectivity index (χ0v) is 13.8. The van der Waals surface area contributed by atoms with E-state index < -0.39 is 0 Å². The van der Waals surface area contributed by atoms with Gasteiger partial charge < -0.3 is 10.2 Å². The molecular weight excluding hydrogens is 316 g/mol. The average molecular weight is 339 g/mol. The highest BCUT2D eigenvalue weighted by Crippen LogP contribution is 2.21. The van der Waals surface area contributed by atoms with E-state index >= 15 is 0 Å². The zero-order valence-electron chi connectivity index (χ0n) is 12.2. The first-order valence-electron chi connectivity index (χ1n) is 7.30. The van der Waals surface area contributed by atoms with Crippen LogP contribution in [0.1, 0.15) is 26.7 Å². The van der Waals surface area contributed by atoms with Crippen LogP contribution in [0.2, 0.25) is 0 Å². The third-order valence-electron chi connectivity index (χ3n) is 3.73. The van der Waals surface area contributed by atoms with Crippen molar-refractivity contribution < 1.29 is 4.79 Å². The lowest BCUT2D eigenvalue weighted by molar-refractivity contribution is -0.116. The minimum atomic E-state index is 0.0956. The Morgan fingerprint density at radius 1 is 1.25 bits per heavy atom. The molecule has 3 nitrogen and oxygen atoms in total. The molecule has 4 heteroatoms. The number of amides is 1. The molecule has 0 aliphatic carbocycles. The lowest BCUT2D eigenvalue weighted by Crippen LogP contribution is -2.40. The van der Waals surface area contributed by atoms with Crippen LogP contribution in [0.15, 0.2) is 28.7 Å². The summed E-state index contributed by atoms with van der Waals surface area (Å²) in [5, 5.41) is 2.94. The van der Waals surface area contributed by atoms with Gasteiger partial charge in [0.25, 0.3) is 0 Å². The molecule has 20 heavy (non-hydrogen) atoms. The number of likely N-dealkylation sites (tertiary alicyclic amines) is 1. The minimum Gasteiger partial charge on any atom is -0.326 e. The van der Waals surface area contributed by atoms with Gasteiger partial charge in [-0.1, -0.05) is 29.8 Å². The van der Waals surface area contributed by atoms with E-state index in [1.807, 2.05) is 24.3 Å². The Balaban J connectivity index is 1.76. The van der Waals surface area contributed by atoms with E-state index in [9.17, 15) is 4.79 Å². The molecule has 0 unspecified atom stereocenters. The van der Waals surface area contributed by atoms with Crippen molar-refractivity contribution in [3.8, 4) is 0 Å². The first kappa shape index (κ1) is 15.5. The van der Waals surface area contributed by atoms with Crippen molar-refractivity contribution in [1.29, 1.82) is 0 Å². The van der Waals surface area contributed by atoms with E-state index in [0.29, 0.717) is 6.42 Å². The van der Waals surface area contributed by atoms with Crippen LogP contribution in [-0.4, -0.2) is 30.4 Å². The fourth-order valence-corrected chi connectivity index (χ4v) is 3.26. The summed E-state index contributed by atoms with van der Waals surface area (Å²) in [7, 11) is 0. The molecular formula is C16H23BrN2O. The van der Waals surface area contributed by atoms with Gasteiger partial charge in [0, 0.05) is 36.2 Å². The third-order valence-corrected chi connectivity index (χ3v) is 4.26. The Kier molecular flexibility index (Phi) is 5.61. The van der Waals surface area contributed by atoms with Crippen LogP contribution in [0.25, 0.3) is 0 Å². The molecule has 1 heterocycles. The minimum absolute atomic E-state index is 0.0956. The van der Waals surface area contributed by atoms with E-state index in [2.05, 4.69) is 40.0 Å². The Hall–Kier alpha value is -0.870. The van der Waals surface area contributed by atoms with Crippen molar-refractivity contribution >= 4 is 27.5 Å². The Labute approximate surface area is 129 Å². The number of carbonyl (C=O) groups is 1. The summed E-state index contributed by atoms with van der Waals surface area (Å²) in [4.78, 5) is 14.4. The fraction of sp³-hybridized carbons (Fsp3) is 0.562. The van der Waals surface area contributed by atoms with Gasteiger partial charge in [-0.2, -0.15) is 0 Å². The molecule has 1 aliphatic rings. The lowest BCUT2D eigenvalue weighted by Gasteiger charge is -2.34. The quantitative estimate of drug-likeness (QED) is 0.906. The summed E-state index contributed by atoms with van der Waals surface area (Å²) in [6, 6.07) is 7.69. The van der Waals surface area contributed by atoms with Gasteiger partial charge in [0.15, 0.2) is 0 Å². The molecule has 1 fully saturated rings. The van der Waals surface area contributed by atoms with E-state index in [4.69, 9.17) is 0 Å². The molecule has 2 atom stereocenters. The van der Waals surface area contributed by atoms with Gasteiger partial charge >= 0.3 is 0 Å². The van der Waals surface area contributed by atoms with Gasteiger partial charge in [-0.3, -0.25) is 4.79 Å². The Morgan fingerprint density at radius 3 is 2.45 bits per heavy atom. The predicted octanol–water partition coefficient (Wildman–Crippen LogP) is 3.76.